The van der Waals surface area contributed by atoms with Gasteiger partial charge in [-0.2, -0.15) is 13.2 Å². The number of halogens is 3. The molecule has 0 atom stereocenters. The Kier molecular flexibility index (Phi) is 8.38. The number of pyridine rings is 1. The molecule has 36 heavy (non-hydrogen) atoms. The van der Waals surface area contributed by atoms with Crippen molar-refractivity contribution in [3.63, 3.8) is 0 Å². The van der Waals surface area contributed by atoms with E-state index in [0.717, 1.165) is 18.2 Å². The van der Waals surface area contributed by atoms with Gasteiger partial charge in [-0.1, -0.05) is 12.1 Å². The van der Waals surface area contributed by atoms with Gasteiger partial charge in [0.05, 0.1) is 25.7 Å². The average Bonchev–Trinajstić information content (AvgIpc) is 2.87. The van der Waals surface area contributed by atoms with Crippen LogP contribution < -0.4 is 14.8 Å². The fourth-order valence-electron chi connectivity index (χ4n) is 3.10. The van der Waals surface area contributed by atoms with E-state index in [2.05, 4.69) is 10.3 Å². The minimum Gasteiger partial charge on any atom is -0.493 e. The van der Waals surface area contributed by atoms with Crippen molar-refractivity contribution in [3.05, 3.63) is 83.2 Å². The topological polar surface area (TPSA) is 104 Å². The fourth-order valence-corrected chi connectivity index (χ4v) is 3.10. The highest BCUT2D eigenvalue weighted by Gasteiger charge is 2.31. The third-order valence-electron chi connectivity index (χ3n) is 4.89. The van der Waals surface area contributed by atoms with Crippen LogP contribution in [-0.2, 0) is 15.7 Å². The Labute approximate surface area is 204 Å². The van der Waals surface area contributed by atoms with Crippen LogP contribution in [0.2, 0.25) is 0 Å². The highest BCUT2D eigenvalue weighted by Crippen LogP contribution is 2.31. The maximum atomic E-state index is 13.0. The van der Waals surface area contributed by atoms with Crippen molar-refractivity contribution in [1.82, 2.24) is 4.98 Å². The quantitative estimate of drug-likeness (QED) is 0.339. The summed E-state index contributed by atoms with van der Waals surface area (Å²) in [6, 6.07) is 11.1. The van der Waals surface area contributed by atoms with Gasteiger partial charge < -0.3 is 19.5 Å². The van der Waals surface area contributed by atoms with Gasteiger partial charge >= 0.3 is 12.1 Å². The molecular formula is C25H21F3N2O6. The van der Waals surface area contributed by atoms with E-state index in [0.29, 0.717) is 0 Å². The van der Waals surface area contributed by atoms with Crippen LogP contribution in [0.3, 0.4) is 0 Å². The number of aromatic nitrogens is 1. The Bertz CT molecular complexity index is 1260. The summed E-state index contributed by atoms with van der Waals surface area (Å²) in [6.45, 7) is 0.120. The highest BCUT2D eigenvalue weighted by molar-refractivity contribution is 6.10. The second-order valence-electron chi connectivity index (χ2n) is 7.35. The van der Waals surface area contributed by atoms with Gasteiger partial charge in [-0.15, -0.1) is 0 Å². The summed E-state index contributed by atoms with van der Waals surface area (Å²) < 4.78 is 54.1. The highest BCUT2D eigenvalue weighted by atomic mass is 19.4. The van der Waals surface area contributed by atoms with Crippen LogP contribution in [0, 0.1) is 0 Å². The third-order valence-corrected chi connectivity index (χ3v) is 4.89. The number of anilines is 1. The summed E-state index contributed by atoms with van der Waals surface area (Å²) in [4.78, 5) is 41.5. The molecule has 8 nitrogen and oxygen atoms in total. The smallest absolute Gasteiger partial charge is 0.416 e. The first-order chi connectivity index (χ1) is 17.1. The molecule has 11 heteroatoms. The number of carbonyl (C=O) groups is 3. The number of rotatable bonds is 9. The maximum absolute atomic E-state index is 13.0. The van der Waals surface area contributed by atoms with Gasteiger partial charge in [0.2, 0.25) is 5.75 Å². The number of hydrogen-bond donors (Lipinski definition) is 1. The first kappa shape index (κ1) is 26.4. The van der Waals surface area contributed by atoms with E-state index in [9.17, 15) is 27.6 Å². The van der Waals surface area contributed by atoms with Crippen molar-refractivity contribution in [2.45, 2.75) is 12.6 Å². The molecule has 1 aromatic heterocycles. The van der Waals surface area contributed by atoms with E-state index in [1.54, 1.807) is 0 Å². The molecule has 0 bridgehead atoms. The predicted octanol–water partition coefficient (Wildman–Crippen LogP) is 4.53. The summed E-state index contributed by atoms with van der Waals surface area (Å²) in [5.41, 5.74) is -0.880. The fraction of sp³-hybridized carbons (Fsp3) is 0.200. The van der Waals surface area contributed by atoms with E-state index in [-0.39, 0.29) is 47.0 Å². The number of amides is 1. The number of benzene rings is 2. The van der Waals surface area contributed by atoms with E-state index in [4.69, 9.17) is 14.2 Å². The SMILES string of the molecule is COCCC(=O)Oc1c(OC)ccnc1C(=O)Nc1ccc(C(=O)c2cccc(C(F)(F)F)c2)cc1. The second kappa shape index (κ2) is 11.5. The molecule has 0 unspecified atom stereocenters. The maximum Gasteiger partial charge on any atom is 0.416 e. The Morgan fingerprint density at radius 2 is 1.69 bits per heavy atom. The number of hydrogen-bond acceptors (Lipinski definition) is 7. The van der Waals surface area contributed by atoms with Gasteiger partial charge in [-0.25, -0.2) is 4.98 Å². The normalized spacial score (nSPS) is 11.0. The number of ketones is 1. The minimum absolute atomic E-state index is 0.0586. The largest absolute Gasteiger partial charge is 0.493 e. The zero-order chi connectivity index (χ0) is 26.3. The lowest BCUT2D eigenvalue weighted by molar-refractivity contribution is -0.137. The van der Waals surface area contributed by atoms with E-state index < -0.39 is 29.4 Å². The molecule has 0 saturated carbocycles. The molecular weight excluding hydrogens is 481 g/mol. The van der Waals surface area contributed by atoms with E-state index in [1.807, 2.05) is 0 Å². The van der Waals surface area contributed by atoms with Gasteiger partial charge in [-0.3, -0.25) is 14.4 Å². The Morgan fingerprint density at radius 3 is 2.33 bits per heavy atom. The molecule has 0 radical (unpaired) electrons. The van der Waals surface area contributed by atoms with E-state index >= 15 is 0 Å². The first-order valence-electron chi connectivity index (χ1n) is 10.5. The van der Waals surface area contributed by atoms with Crippen LogP contribution in [-0.4, -0.2) is 43.5 Å². The molecule has 0 aliphatic rings. The summed E-state index contributed by atoms with van der Waals surface area (Å²) >= 11 is 0. The Hall–Kier alpha value is -4.25. The molecule has 3 aromatic rings. The first-order valence-corrected chi connectivity index (χ1v) is 10.5. The molecule has 188 valence electrons. The third kappa shape index (κ3) is 6.45. The molecule has 0 aliphatic heterocycles. The molecule has 0 saturated heterocycles. The molecule has 0 fully saturated rings. The molecule has 1 amide bonds. The van der Waals surface area contributed by atoms with Crippen molar-refractivity contribution in [2.75, 3.05) is 26.1 Å². The van der Waals surface area contributed by atoms with Crippen LogP contribution in [0.25, 0.3) is 0 Å². The number of nitrogens with zero attached hydrogens (tertiary/aromatic N) is 1. The number of methoxy groups -OCH3 is 2. The van der Waals surface area contributed by atoms with Crippen LogP contribution in [0.4, 0.5) is 18.9 Å². The second-order valence-corrected chi connectivity index (χ2v) is 7.35. The number of esters is 1. The lowest BCUT2D eigenvalue weighted by Gasteiger charge is -2.13. The van der Waals surface area contributed by atoms with Crippen molar-refractivity contribution < 1.29 is 41.8 Å². The molecule has 3 rings (SSSR count). The van der Waals surface area contributed by atoms with Gasteiger partial charge in [0.1, 0.15) is 0 Å². The number of alkyl halides is 3. The van der Waals surface area contributed by atoms with Crippen LogP contribution in [0.1, 0.15) is 38.4 Å². The molecule has 2 aromatic carbocycles. The van der Waals surface area contributed by atoms with Crippen molar-refractivity contribution in [1.29, 1.82) is 0 Å². The molecule has 1 N–H and O–H groups in total. The minimum atomic E-state index is -4.57. The standard InChI is InChI=1S/C25H21F3N2O6/c1-34-13-11-20(31)36-23-19(35-2)10-12-29-21(23)24(33)30-18-8-6-15(7-9-18)22(32)16-4-3-5-17(14-16)25(26,27)28/h3-10,12,14H,11,13H2,1-2H3,(H,30,33). The summed E-state index contributed by atoms with van der Waals surface area (Å²) in [5.74, 6) is -2.05. The number of ether oxygens (including phenoxy) is 3. The Balaban J connectivity index is 1.78. The van der Waals surface area contributed by atoms with E-state index in [1.165, 1.54) is 56.8 Å². The van der Waals surface area contributed by atoms with Gasteiger partial charge in [0.25, 0.3) is 5.91 Å². The molecule has 0 aliphatic carbocycles. The van der Waals surface area contributed by atoms with Crippen molar-refractivity contribution in [2.24, 2.45) is 0 Å². The molecule has 0 spiro atoms. The predicted molar refractivity (Wildman–Crippen MR) is 122 cm³/mol. The number of carbonyl (C=O) groups excluding carboxylic acids is 3. The van der Waals surface area contributed by atoms with Crippen molar-refractivity contribution in [3.8, 4) is 11.5 Å². The average molecular weight is 502 g/mol. The zero-order valence-corrected chi connectivity index (χ0v) is 19.2. The van der Waals surface area contributed by atoms with Crippen LogP contribution >= 0.6 is 0 Å². The van der Waals surface area contributed by atoms with Crippen molar-refractivity contribution >= 4 is 23.3 Å². The molecule has 1 heterocycles. The summed E-state index contributed by atoms with van der Waals surface area (Å²) in [6.07, 6.45) is -3.33. The monoisotopic (exact) mass is 502 g/mol. The lowest BCUT2D eigenvalue weighted by Crippen LogP contribution is -2.19. The summed E-state index contributed by atoms with van der Waals surface area (Å²) in [5, 5.41) is 2.57. The van der Waals surface area contributed by atoms with Crippen LogP contribution in [0.15, 0.2) is 60.8 Å². The van der Waals surface area contributed by atoms with Gasteiger partial charge in [-0.05, 0) is 36.4 Å². The summed E-state index contributed by atoms with van der Waals surface area (Å²) in [7, 11) is 2.76. The number of nitrogens with one attached hydrogen (secondary N) is 1. The zero-order valence-electron chi connectivity index (χ0n) is 19.2. The van der Waals surface area contributed by atoms with Gasteiger partial charge in [0.15, 0.2) is 17.2 Å². The Morgan fingerprint density at radius 1 is 0.972 bits per heavy atom. The lowest BCUT2D eigenvalue weighted by atomic mass is 10.0. The van der Waals surface area contributed by atoms with Crippen LogP contribution in [0.5, 0.6) is 11.5 Å². The van der Waals surface area contributed by atoms with Gasteiger partial charge in [0, 0.05) is 36.2 Å².